The SMILES string of the molecule is CCC1C[N+](C)(C)CC1CCC(C)C(=O)[O-]. The molecule has 0 N–H and O–H groups in total. The van der Waals surface area contributed by atoms with E-state index in [1.807, 2.05) is 0 Å². The van der Waals surface area contributed by atoms with Crippen molar-refractivity contribution < 1.29 is 14.4 Å². The molecule has 1 aliphatic heterocycles. The van der Waals surface area contributed by atoms with Gasteiger partial charge in [-0.05, 0) is 25.2 Å². The molecule has 3 heteroatoms. The second-order valence-electron chi connectivity index (χ2n) is 6.03. The first-order chi connectivity index (χ1) is 7.35. The van der Waals surface area contributed by atoms with Crippen LogP contribution < -0.4 is 5.11 Å². The summed E-state index contributed by atoms with van der Waals surface area (Å²) in [7, 11) is 4.54. The highest BCUT2D eigenvalue weighted by Crippen LogP contribution is 2.33. The number of carboxylic acid groups (broad SMARTS) is 1. The molecule has 1 aliphatic rings. The molecule has 3 atom stereocenters. The topological polar surface area (TPSA) is 40.1 Å². The fourth-order valence-corrected chi connectivity index (χ4v) is 3.01. The van der Waals surface area contributed by atoms with E-state index in [0.717, 1.165) is 23.2 Å². The van der Waals surface area contributed by atoms with Gasteiger partial charge in [0.2, 0.25) is 0 Å². The summed E-state index contributed by atoms with van der Waals surface area (Å²) in [6.07, 6.45) is 3.02. The molecular weight excluding hydrogens is 202 g/mol. The molecule has 0 saturated carbocycles. The molecule has 1 fully saturated rings. The van der Waals surface area contributed by atoms with Gasteiger partial charge in [-0.2, -0.15) is 0 Å². The highest BCUT2D eigenvalue weighted by atomic mass is 16.4. The first-order valence-corrected chi connectivity index (χ1v) is 6.38. The molecule has 3 unspecified atom stereocenters. The fourth-order valence-electron chi connectivity index (χ4n) is 3.01. The normalized spacial score (nSPS) is 30.2. The zero-order valence-electron chi connectivity index (χ0n) is 11.0. The number of aliphatic carboxylic acids is 1. The van der Waals surface area contributed by atoms with Crippen molar-refractivity contribution in [1.82, 2.24) is 0 Å². The summed E-state index contributed by atoms with van der Waals surface area (Å²) >= 11 is 0. The molecule has 0 radical (unpaired) electrons. The van der Waals surface area contributed by atoms with Crippen LogP contribution in [0.15, 0.2) is 0 Å². The average Bonchev–Trinajstić information content (AvgIpc) is 2.49. The number of nitrogens with zero attached hydrogens (tertiary/aromatic N) is 1. The third kappa shape index (κ3) is 3.48. The summed E-state index contributed by atoms with van der Waals surface area (Å²) in [6.45, 7) is 6.43. The van der Waals surface area contributed by atoms with E-state index in [1.54, 1.807) is 6.92 Å². The Balaban J connectivity index is 2.44. The third-order valence-corrected chi connectivity index (χ3v) is 4.02. The van der Waals surface area contributed by atoms with Crippen molar-refractivity contribution in [3.8, 4) is 0 Å². The maximum atomic E-state index is 10.7. The van der Waals surface area contributed by atoms with Gasteiger partial charge < -0.3 is 14.4 Å². The van der Waals surface area contributed by atoms with Crippen LogP contribution in [0.4, 0.5) is 0 Å². The molecule has 0 spiro atoms. The summed E-state index contributed by atoms with van der Waals surface area (Å²) in [5.41, 5.74) is 0. The first kappa shape index (κ1) is 13.5. The minimum absolute atomic E-state index is 0.297. The molecule has 0 aromatic heterocycles. The van der Waals surface area contributed by atoms with E-state index in [9.17, 15) is 9.90 Å². The van der Waals surface area contributed by atoms with Crippen LogP contribution in [-0.4, -0.2) is 37.6 Å². The molecule has 0 aromatic rings. The number of carboxylic acids is 1. The van der Waals surface area contributed by atoms with Gasteiger partial charge in [-0.1, -0.05) is 13.8 Å². The monoisotopic (exact) mass is 227 g/mol. The van der Waals surface area contributed by atoms with Gasteiger partial charge in [0.05, 0.1) is 27.2 Å². The fraction of sp³-hybridized carbons (Fsp3) is 0.923. The van der Waals surface area contributed by atoms with E-state index in [-0.39, 0.29) is 5.92 Å². The molecule has 0 amide bonds. The van der Waals surface area contributed by atoms with Crippen molar-refractivity contribution in [3.05, 3.63) is 0 Å². The van der Waals surface area contributed by atoms with Crippen LogP contribution in [0, 0.1) is 17.8 Å². The number of hydrogen-bond donors (Lipinski definition) is 0. The lowest BCUT2D eigenvalue weighted by Gasteiger charge is -2.23. The smallest absolute Gasteiger partial charge is 0.0816 e. The molecule has 0 aliphatic carbocycles. The van der Waals surface area contributed by atoms with Crippen molar-refractivity contribution in [2.75, 3.05) is 27.2 Å². The minimum atomic E-state index is -0.903. The van der Waals surface area contributed by atoms with Gasteiger partial charge in [-0.3, -0.25) is 0 Å². The summed E-state index contributed by atoms with van der Waals surface area (Å²) in [5.74, 6) is 0.263. The molecule has 1 heterocycles. The van der Waals surface area contributed by atoms with Gasteiger partial charge in [0, 0.05) is 17.8 Å². The molecule has 1 rings (SSSR count). The largest absolute Gasteiger partial charge is 0.550 e. The van der Waals surface area contributed by atoms with Crippen LogP contribution >= 0.6 is 0 Å². The zero-order valence-corrected chi connectivity index (χ0v) is 11.0. The second-order valence-corrected chi connectivity index (χ2v) is 6.03. The number of rotatable bonds is 5. The molecular formula is C13H25NO2. The van der Waals surface area contributed by atoms with Crippen LogP contribution in [-0.2, 0) is 4.79 Å². The van der Waals surface area contributed by atoms with Gasteiger partial charge in [-0.25, -0.2) is 0 Å². The van der Waals surface area contributed by atoms with Gasteiger partial charge in [0.25, 0.3) is 0 Å². The van der Waals surface area contributed by atoms with Gasteiger partial charge >= 0.3 is 0 Å². The second kappa shape index (κ2) is 5.17. The van der Waals surface area contributed by atoms with Crippen molar-refractivity contribution >= 4 is 5.97 Å². The molecule has 94 valence electrons. The number of quaternary nitrogens is 1. The van der Waals surface area contributed by atoms with E-state index in [2.05, 4.69) is 21.0 Å². The van der Waals surface area contributed by atoms with E-state index in [0.29, 0.717) is 5.92 Å². The lowest BCUT2D eigenvalue weighted by atomic mass is 9.87. The molecule has 16 heavy (non-hydrogen) atoms. The molecule has 3 nitrogen and oxygen atoms in total. The molecule has 0 bridgehead atoms. The minimum Gasteiger partial charge on any atom is -0.550 e. The number of carbonyl (C=O) groups is 1. The number of carbonyl (C=O) groups excluding carboxylic acids is 1. The predicted octanol–water partition coefficient (Wildman–Crippen LogP) is 0.885. The van der Waals surface area contributed by atoms with Crippen LogP contribution in [0.25, 0.3) is 0 Å². The summed E-state index contributed by atoms with van der Waals surface area (Å²) in [6, 6.07) is 0. The van der Waals surface area contributed by atoms with E-state index in [1.165, 1.54) is 19.5 Å². The Hall–Kier alpha value is -0.570. The van der Waals surface area contributed by atoms with Crippen LogP contribution in [0.5, 0.6) is 0 Å². The summed E-state index contributed by atoms with van der Waals surface area (Å²) < 4.78 is 1.09. The lowest BCUT2D eigenvalue weighted by molar-refractivity contribution is -0.880. The molecule has 1 saturated heterocycles. The highest BCUT2D eigenvalue weighted by Gasteiger charge is 2.38. The average molecular weight is 227 g/mol. The number of likely N-dealkylation sites (tertiary alicyclic amines) is 1. The van der Waals surface area contributed by atoms with Gasteiger partial charge in [0.1, 0.15) is 0 Å². The Morgan fingerprint density at radius 2 is 1.94 bits per heavy atom. The van der Waals surface area contributed by atoms with E-state index in [4.69, 9.17) is 0 Å². The van der Waals surface area contributed by atoms with Crippen LogP contribution in [0.3, 0.4) is 0 Å². The van der Waals surface area contributed by atoms with Crippen molar-refractivity contribution in [2.45, 2.75) is 33.1 Å². The van der Waals surface area contributed by atoms with Crippen molar-refractivity contribution in [1.29, 1.82) is 0 Å². The Kier molecular flexibility index (Phi) is 4.36. The van der Waals surface area contributed by atoms with Gasteiger partial charge in [-0.15, -0.1) is 0 Å². The quantitative estimate of drug-likeness (QED) is 0.654. The zero-order chi connectivity index (χ0) is 12.3. The standard InChI is InChI=1S/C13H25NO2/c1-5-11-8-14(3,4)9-12(11)7-6-10(2)13(15)16/h10-12H,5-9H2,1-4H3. The highest BCUT2D eigenvalue weighted by molar-refractivity contribution is 5.66. The summed E-state index contributed by atoms with van der Waals surface area (Å²) in [4.78, 5) is 10.7. The van der Waals surface area contributed by atoms with Crippen molar-refractivity contribution in [3.63, 3.8) is 0 Å². The first-order valence-electron chi connectivity index (χ1n) is 6.38. The Morgan fingerprint density at radius 3 is 2.44 bits per heavy atom. The number of hydrogen-bond acceptors (Lipinski definition) is 2. The maximum absolute atomic E-state index is 10.7. The Labute approximate surface area is 99.0 Å². The van der Waals surface area contributed by atoms with E-state index >= 15 is 0 Å². The third-order valence-electron chi connectivity index (χ3n) is 4.02. The Morgan fingerprint density at radius 1 is 1.38 bits per heavy atom. The predicted molar refractivity (Wildman–Crippen MR) is 62.5 cm³/mol. The Bertz CT molecular complexity index is 250. The lowest BCUT2D eigenvalue weighted by Crippen LogP contribution is -2.37. The van der Waals surface area contributed by atoms with Crippen LogP contribution in [0.1, 0.15) is 33.1 Å². The summed E-state index contributed by atoms with van der Waals surface area (Å²) in [5, 5.41) is 10.7. The van der Waals surface area contributed by atoms with Gasteiger partial charge in [0.15, 0.2) is 0 Å². The van der Waals surface area contributed by atoms with E-state index < -0.39 is 5.97 Å². The van der Waals surface area contributed by atoms with Crippen LogP contribution in [0.2, 0.25) is 0 Å². The van der Waals surface area contributed by atoms with Crippen molar-refractivity contribution in [2.24, 2.45) is 17.8 Å². The maximum Gasteiger partial charge on any atom is 0.0816 e. The molecule has 0 aromatic carbocycles.